The van der Waals surface area contributed by atoms with Crippen LogP contribution in [0.4, 0.5) is 0 Å². The van der Waals surface area contributed by atoms with Gasteiger partial charge in [0, 0.05) is 0 Å². The molecule has 2 nitrogen and oxygen atoms in total. The number of methoxy groups -OCH3 is 2. The molecule has 2 atom stereocenters. The van der Waals surface area contributed by atoms with Crippen LogP contribution in [0.15, 0.2) is 55.1 Å². The van der Waals surface area contributed by atoms with E-state index in [9.17, 15) is 0 Å². The molecule has 0 N–H and O–H groups in total. The molecule has 0 heterocycles. The van der Waals surface area contributed by atoms with Gasteiger partial charge in [-0.15, -0.1) is 0 Å². The number of benzene rings is 2. The standard InChI is InChI=1S/C22H28O2/c1-6-21(16(3)17-8-12-19(23-4)13-9-17)22(7-2)18-10-14-20(24-5)15-11-18/h8-15,21-22H,3,6-7H2,1-2,4-5H3. The topological polar surface area (TPSA) is 18.5 Å². The van der Waals surface area contributed by atoms with Gasteiger partial charge in [-0.05, 0) is 65.6 Å². The predicted molar refractivity (Wildman–Crippen MR) is 102 cm³/mol. The second-order valence-corrected chi connectivity index (χ2v) is 6.06. The van der Waals surface area contributed by atoms with Gasteiger partial charge in [-0.1, -0.05) is 44.7 Å². The minimum atomic E-state index is 0.414. The normalized spacial score (nSPS) is 13.2. The molecule has 0 amide bonds. The maximum absolute atomic E-state index is 5.28. The summed E-state index contributed by atoms with van der Waals surface area (Å²) in [5, 5.41) is 0. The molecule has 2 unspecified atom stereocenters. The van der Waals surface area contributed by atoms with Crippen molar-refractivity contribution in [2.24, 2.45) is 5.92 Å². The zero-order valence-corrected chi connectivity index (χ0v) is 15.2. The summed E-state index contributed by atoms with van der Waals surface area (Å²) in [6.07, 6.45) is 2.15. The van der Waals surface area contributed by atoms with Crippen molar-refractivity contribution in [3.8, 4) is 11.5 Å². The Bertz CT molecular complexity index is 641. The molecule has 2 aromatic carbocycles. The van der Waals surface area contributed by atoms with Gasteiger partial charge in [-0.3, -0.25) is 0 Å². The molecule has 0 saturated carbocycles. The van der Waals surface area contributed by atoms with Gasteiger partial charge in [0.05, 0.1) is 14.2 Å². The summed E-state index contributed by atoms with van der Waals surface area (Å²) in [4.78, 5) is 0. The molecule has 0 aromatic heterocycles. The Morgan fingerprint density at radius 2 is 1.33 bits per heavy atom. The Kier molecular flexibility index (Phi) is 6.48. The first-order valence-corrected chi connectivity index (χ1v) is 8.61. The van der Waals surface area contributed by atoms with Crippen molar-refractivity contribution in [1.82, 2.24) is 0 Å². The molecule has 0 spiro atoms. The largest absolute Gasteiger partial charge is 0.497 e. The number of ether oxygens (including phenoxy) is 2. The van der Waals surface area contributed by atoms with E-state index < -0.39 is 0 Å². The van der Waals surface area contributed by atoms with E-state index in [1.807, 2.05) is 24.3 Å². The lowest BCUT2D eigenvalue weighted by Gasteiger charge is -2.28. The highest BCUT2D eigenvalue weighted by Crippen LogP contribution is 2.39. The van der Waals surface area contributed by atoms with Crippen molar-refractivity contribution in [3.05, 3.63) is 66.2 Å². The van der Waals surface area contributed by atoms with Gasteiger partial charge in [-0.2, -0.15) is 0 Å². The fraction of sp³-hybridized carbons (Fsp3) is 0.364. The third kappa shape index (κ3) is 4.00. The Labute approximate surface area is 146 Å². The van der Waals surface area contributed by atoms with Crippen LogP contribution in [0.1, 0.15) is 43.7 Å². The molecule has 0 saturated heterocycles. The van der Waals surface area contributed by atoms with Gasteiger partial charge in [0.1, 0.15) is 11.5 Å². The van der Waals surface area contributed by atoms with Crippen LogP contribution < -0.4 is 9.47 Å². The van der Waals surface area contributed by atoms with Gasteiger partial charge in [-0.25, -0.2) is 0 Å². The molecule has 0 aliphatic rings. The van der Waals surface area contributed by atoms with E-state index in [1.165, 1.54) is 16.7 Å². The fourth-order valence-corrected chi connectivity index (χ4v) is 3.40. The third-order valence-electron chi connectivity index (χ3n) is 4.82. The van der Waals surface area contributed by atoms with Crippen LogP contribution in [-0.2, 0) is 0 Å². The zero-order chi connectivity index (χ0) is 17.5. The van der Waals surface area contributed by atoms with Gasteiger partial charge >= 0.3 is 0 Å². The molecule has 0 bridgehead atoms. The summed E-state index contributed by atoms with van der Waals surface area (Å²) >= 11 is 0. The summed E-state index contributed by atoms with van der Waals surface area (Å²) in [5.41, 5.74) is 3.73. The van der Waals surface area contributed by atoms with Crippen molar-refractivity contribution in [1.29, 1.82) is 0 Å². The Hall–Kier alpha value is -2.22. The Morgan fingerprint density at radius 3 is 1.75 bits per heavy atom. The Morgan fingerprint density at radius 1 is 0.833 bits per heavy atom. The highest BCUT2D eigenvalue weighted by atomic mass is 16.5. The molecule has 0 fully saturated rings. The molecular formula is C22H28O2. The molecule has 0 radical (unpaired) electrons. The first-order valence-electron chi connectivity index (χ1n) is 8.61. The SMILES string of the molecule is C=C(c1ccc(OC)cc1)C(CC)C(CC)c1ccc(OC)cc1. The molecule has 2 rings (SSSR count). The maximum Gasteiger partial charge on any atom is 0.118 e. The summed E-state index contributed by atoms with van der Waals surface area (Å²) in [6, 6.07) is 16.6. The van der Waals surface area contributed by atoms with Crippen molar-refractivity contribution in [2.45, 2.75) is 32.6 Å². The number of rotatable bonds is 8. The van der Waals surface area contributed by atoms with Gasteiger partial charge in [0.2, 0.25) is 0 Å². The molecule has 24 heavy (non-hydrogen) atoms. The zero-order valence-electron chi connectivity index (χ0n) is 15.2. The van der Waals surface area contributed by atoms with Crippen molar-refractivity contribution >= 4 is 5.57 Å². The molecule has 0 aliphatic carbocycles. The maximum atomic E-state index is 5.28. The van der Waals surface area contributed by atoms with Crippen LogP contribution >= 0.6 is 0 Å². The molecule has 0 aliphatic heterocycles. The van der Waals surface area contributed by atoms with E-state index in [-0.39, 0.29) is 0 Å². The van der Waals surface area contributed by atoms with Crippen molar-refractivity contribution in [2.75, 3.05) is 14.2 Å². The van der Waals surface area contributed by atoms with Crippen LogP contribution in [0.25, 0.3) is 5.57 Å². The van der Waals surface area contributed by atoms with Crippen LogP contribution in [0.2, 0.25) is 0 Å². The first kappa shape index (κ1) is 18.1. The first-order chi connectivity index (χ1) is 11.6. The van der Waals surface area contributed by atoms with E-state index in [1.54, 1.807) is 14.2 Å². The lowest BCUT2D eigenvalue weighted by Crippen LogP contribution is -2.13. The molecule has 2 heteroatoms. The van der Waals surface area contributed by atoms with Gasteiger partial charge in [0.25, 0.3) is 0 Å². The van der Waals surface area contributed by atoms with E-state index in [2.05, 4.69) is 44.7 Å². The Balaban J connectivity index is 2.26. The van der Waals surface area contributed by atoms with Crippen LogP contribution in [0, 0.1) is 5.92 Å². The summed E-state index contributed by atoms with van der Waals surface area (Å²) in [6.45, 7) is 8.90. The summed E-state index contributed by atoms with van der Waals surface area (Å²) in [7, 11) is 3.39. The number of allylic oxidation sites excluding steroid dienone is 1. The second-order valence-electron chi connectivity index (χ2n) is 6.06. The van der Waals surface area contributed by atoms with E-state index >= 15 is 0 Å². The predicted octanol–water partition coefficient (Wildman–Crippen LogP) is 5.94. The summed E-state index contributed by atoms with van der Waals surface area (Å²) < 4.78 is 10.5. The van der Waals surface area contributed by atoms with Crippen molar-refractivity contribution in [3.63, 3.8) is 0 Å². The highest BCUT2D eigenvalue weighted by molar-refractivity contribution is 5.66. The van der Waals surface area contributed by atoms with Gasteiger partial charge < -0.3 is 9.47 Å². The number of hydrogen-bond acceptors (Lipinski definition) is 2. The molecular weight excluding hydrogens is 296 g/mol. The monoisotopic (exact) mass is 324 g/mol. The van der Waals surface area contributed by atoms with E-state index in [4.69, 9.17) is 9.47 Å². The third-order valence-corrected chi connectivity index (χ3v) is 4.82. The van der Waals surface area contributed by atoms with Crippen LogP contribution in [-0.4, -0.2) is 14.2 Å². The van der Waals surface area contributed by atoms with E-state index in [0.717, 1.165) is 24.3 Å². The quantitative estimate of drug-likeness (QED) is 0.598. The van der Waals surface area contributed by atoms with Crippen molar-refractivity contribution < 1.29 is 9.47 Å². The number of hydrogen-bond donors (Lipinski definition) is 0. The van der Waals surface area contributed by atoms with E-state index in [0.29, 0.717) is 11.8 Å². The lowest BCUT2D eigenvalue weighted by molar-refractivity contribution is 0.414. The summed E-state index contributed by atoms with van der Waals surface area (Å²) in [5.74, 6) is 2.64. The fourth-order valence-electron chi connectivity index (χ4n) is 3.40. The average molecular weight is 324 g/mol. The lowest BCUT2D eigenvalue weighted by atomic mass is 9.76. The molecule has 128 valence electrons. The smallest absolute Gasteiger partial charge is 0.118 e. The van der Waals surface area contributed by atoms with Gasteiger partial charge in [0.15, 0.2) is 0 Å². The van der Waals surface area contributed by atoms with Crippen LogP contribution in [0.3, 0.4) is 0 Å². The minimum absolute atomic E-state index is 0.414. The molecule has 2 aromatic rings. The average Bonchev–Trinajstić information content (AvgIpc) is 2.65. The van der Waals surface area contributed by atoms with Crippen LogP contribution in [0.5, 0.6) is 11.5 Å². The minimum Gasteiger partial charge on any atom is -0.497 e. The highest BCUT2D eigenvalue weighted by Gasteiger charge is 2.23. The second kappa shape index (κ2) is 8.58.